The standard InChI is InChI=1S/C38H46N4O7S2/c1-20-15-25(43)31-27(46-20)19-26-23(33(31)44)18-29-36(2,48-26)12-14-50-51-38(10-5-4-6-11-38)32-22(9-13-41-34(32)40)24-16-21(17-30(39)42-24)7-8-28-37(3,49-28)35(45)47-29/h9,15-17,19,24,28-29,41-42,44H,4-8,10-14,18,39-40H2,1-3H3/t24?,28-,29-,36+,37+/m1/s1. The van der Waals surface area contributed by atoms with Crippen LogP contribution in [0, 0.1) is 6.92 Å². The molecule has 2 fully saturated rings. The largest absolute Gasteiger partial charge is 0.507 e. The van der Waals surface area contributed by atoms with Gasteiger partial charge in [0.2, 0.25) is 0 Å². The van der Waals surface area contributed by atoms with Crippen LogP contribution in [0.3, 0.4) is 0 Å². The number of fused-ring (bicyclic) bond motifs is 8. The molecule has 1 unspecified atom stereocenters. The van der Waals surface area contributed by atoms with Gasteiger partial charge >= 0.3 is 5.97 Å². The zero-order chi connectivity index (χ0) is 35.7. The summed E-state index contributed by atoms with van der Waals surface area (Å²) in [5.41, 5.74) is 15.0. The van der Waals surface area contributed by atoms with E-state index in [0.717, 1.165) is 42.7 Å². The fraction of sp³-hybridized carbons (Fsp3) is 0.526. The number of aromatic hydroxyl groups is 1. The van der Waals surface area contributed by atoms with Gasteiger partial charge < -0.3 is 45.8 Å². The normalized spacial score (nSPS) is 32.1. The first kappa shape index (κ1) is 34.4. The molecule has 2 aromatic rings. The third kappa shape index (κ3) is 6.08. The fourth-order valence-electron chi connectivity index (χ4n) is 8.50. The van der Waals surface area contributed by atoms with Gasteiger partial charge in [0.25, 0.3) is 0 Å². The first-order chi connectivity index (χ1) is 24.4. The number of allylic oxidation sites excluding steroid dienone is 2. The van der Waals surface area contributed by atoms with E-state index in [1.807, 2.05) is 23.8 Å². The molecule has 1 saturated heterocycles. The number of carbonyl (C=O) groups excluding carboxylic acids is 1. The molecule has 1 aliphatic carbocycles. The van der Waals surface area contributed by atoms with Crippen molar-refractivity contribution in [3.8, 4) is 11.5 Å². The summed E-state index contributed by atoms with van der Waals surface area (Å²) in [6, 6.07) is 2.90. The molecule has 0 radical (unpaired) electrons. The van der Waals surface area contributed by atoms with E-state index in [-0.39, 0.29) is 45.5 Å². The number of aryl methyl sites for hydroxylation is 1. The number of hydrogen-bond donors (Lipinski definition) is 5. The molecule has 1 spiro atoms. The van der Waals surface area contributed by atoms with Crippen molar-refractivity contribution in [3.63, 3.8) is 0 Å². The third-order valence-corrected chi connectivity index (χ3v) is 14.7. The summed E-state index contributed by atoms with van der Waals surface area (Å²) in [5, 5.41) is 18.4. The lowest BCUT2D eigenvalue weighted by atomic mass is 9.76. The smallest absolute Gasteiger partial charge is 0.341 e. The highest BCUT2D eigenvalue weighted by molar-refractivity contribution is 8.77. The molecule has 13 heteroatoms. The summed E-state index contributed by atoms with van der Waals surface area (Å²) in [4.78, 5) is 26.8. The van der Waals surface area contributed by atoms with E-state index in [1.165, 1.54) is 18.1 Å². The van der Waals surface area contributed by atoms with Crippen LogP contribution < -0.4 is 32.3 Å². The number of nitrogens with two attached hydrogens (primary N) is 2. The quantitative estimate of drug-likeness (QED) is 0.135. The average Bonchev–Trinajstić information content (AvgIpc) is 3.76. The SMILES string of the molecule is Cc1cc(=O)c2c(O)c3c(cc2o1)O[C@@]1(C)CCSSC2(CCCCC2)C2=C(N)NCC=C2C2C=C(C=C(N)N2)CC[C@H]2O[C@]2(C)C(=O)O[C@@H]1C3. The average molecular weight is 735 g/mol. The van der Waals surface area contributed by atoms with Gasteiger partial charge in [-0.05, 0) is 63.7 Å². The Bertz CT molecular complexity index is 1980. The molecule has 0 amide bonds. The van der Waals surface area contributed by atoms with E-state index < -0.39 is 23.3 Å². The summed E-state index contributed by atoms with van der Waals surface area (Å²) in [5.74, 6) is 2.20. The van der Waals surface area contributed by atoms with E-state index in [1.54, 1.807) is 30.7 Å². The predicted octanol–water partition coefficient (Wildman–Crippen LogP) is 5.24. The third-order valence-electron chi connectivity index (χ3n) is 11.5. The Balaban J connectivity index is 1.17. The van der Waals surface area contributed by atoms with Crippen molar-refractivity contribution in [2.45, 2.75) is 113 Å². The molecule has 272 valence electrons. The molecule has 2 bridgehead atoms. The second-order valence-corrected chi connectivity index (χ2v) is 17.9. The summed E-state index contributed by atoms with van der Waals surface area (Å²) in [7, 11) is 3.66. The molecule has 7 N–H and O–H groups in total. The van der Waals surface area contributed by atoms with E-state index in [4.69, 9.17) is 30.1 Å². The van der Waals surface area contributed by atoms with Gasteiger partial charge in [-0.2, -0.15) is 0 Å². The van der Waals surface area contributed by atoms with Crippen molar-refractivity contribution in [1.82, 2.24) is 10.6 Å². The number of rotatable bonds is 0. The number of benzene rings is 1. The first-order valence-electron chi connectivity index (χ1n) is 18.0. The zero-order valence-electron chi connectivity index (χ0n) is 29.3. The maximum atomic E-state index is 13.9. The molecule has 51 heavy (non-hydrogen) atoms. The lowest BCUT2D eigenvalue weighted by Gasteiger charge is -2.44. The molecule has 5 aliphatic heterocycles. The zero-order valence-corrected chi connectivity index (χ0v) is 30.9. The Hall–Kier alpha value is -3.68. The molecule has 8 rings (SSSR count). The molecular weight excluding hydrogens is 689 g/mol. The van der Waals surface area contributed by atoms with Crippen LogP contribution >= 0.6 is 21.6 Å². The minimum Gasteiger partial charge on any atom is -0.507 e. The monoisotopic (exact) mass is 734 g/mol. The number of carbonyl (C=O) groups is 1. The van der Waals surface area contributed by atoms with Gasteiger partial charge in [0.05, 0.1) is 22.7 Å². The Morgan fingerprint density at radius 1 is 1.06 bits per heavy atom. The number of esters is 1. The number of epoxide rings is 1. The van der Waals surface area contributed by atoms with Crippen LogP contribution in [0.1, 0.15) is 76.5 Å². The molecule has 11 nitrogen and oxygen atoms in total. The van der Waals surface area contributed by atoms with Gasteiger partial charge in [0.1, 0.15) is 45.8 Å². The minimum absolute atomic E-state index is 0.0868. The molecule has 1 aromatic heterocycles. The minimum atomic E-state index is -1.11. The lowest BCUT2D eigenvalue weighted by Crippen LogP contribution is -2.52. The van der Waals surface area contributed by atoms with Crippen LogP contribution in [0.4, 0.5) is 0 Å². The Morgan fingerprint density at radius 3 is 2.67 bits per heavy atom. The number of dihydropyridines is 2. The highest BCUT2D eigenvalue weighted by atomic mass is 33.1. The Morgan fingerprint density at radius 2 is 1.86 bits per heavy atom. The second kappa shape index (κ2) is 12.8. The van der Waals surface area contributed by atoms with Crippen molar-refractivity contribution in [1.29, 1.82) is 0 Å². The second-order valence-electron chi connectivity index (χ2n) is 15.1. The van der Waals surface area contributed by atoms with E-state index in [9.17, 15) is 14.7 Å². The summed E-state index contributed by atoms with van der Waals surface area (Å²) < 4.78 is 24.7. The number of phenolic OH excluding ortho intramolecular Hbond substituents is 1. The fourth-order valence-corrected chi connectivity index (χ4v) is 12.0. The van der Waals surface area contributed by atoms with Gasteiger partial charge in [-0.25, -0.2) is 4.79 Å². The van der Waals surface area contributed by atoms with E-state index >= 15 is 0 Å². The van der Waals surface area contributed by atoms with Crippen molar-refractivity contribution < 1.29 is 28.5 Å². The highest BCUT2D eigenvalue weighted by Gasteiger charge is 2.61. The van der Waals surface area contributed by atoms with Crippen LogP contribution in [-0.2, 0) is 20.7 Å². The van der Waals surface area contributed by atoms with Gasteiger partial charge in [-0.3, -0.25) is 4.79 Å². The number of hydrogen-bond acceptors (Lipinski definition) is 13. The summed E-state index contributed by atoms with van der Waals surface area (Å²) in [6.45, 7) is 6.06. The van der Waals surface area contributed by atoms with Crippen LogP contribution in [0.5, 0.6) is 11.5 Å². The number of nitrogens with one attached hydrogen (secondary N) is 2. The van der Waals surface area contributed by atoms with Gasteiger partial charge in [0.15, 0.2) is 11.0 Å². The van der Waals surface area contributed by atoms with Crippen molar-refractivity contribution in [2.24, 2.45) is 11.5 Å². The van der Waals surface area contributed by atoms with E-state index in [2.05, 4.69) is 22.8 Å². The Labute approximate surface area is 305 Å². The first-order valence-corrected chi connectivity index (χ1v) is 20.3. The molecule has 6 heterocycles. The molecule has 1 aromatic carbocycles. The van der Waals surface area contributed by atoms with Crippen molar-refractivity contribution >= 4 is 38.5 Å². The van der Waals surface area contributed by atoms with Gasteiger partial charge in [-0.15, -0.1) is 0 Å². The lowest BCUT2D eigenvalue weighted by molar-refractivity contribution is -0.168. The molecular formula is C38H46N4O7S2. The van der Waals surface area contributed by atoms with Gasteiger partial charge in [0, 0.05) is 48.4 Å². The maximum Gasteiger partial charge on any atom is 0.341 e. The van der Waals surface area contributed by atoms with Crippen molar-refractivity contribution in [2.75, 3.05) is 12.3 Å². The highest BCUT2D eigenvalue weighted by Crippen LogP contribution is 2.55. The van der Waals surface area contributed by atoms with Crippen LogP contribution in [0.25, 0.3) is 11.0 Å². The maximum absolute atomic E-state index is 13.9. The van der Waals surface area contributed by atoms with Gasteiger partial charge in [-0.1, -0.05) is 53.0 Å². The topological polar surface area (TPSA) is 175 Å². The van der Waals surface area contributed by atoms with Crippen molar-refractivity contribution in [3.05, 3.63) is 80.3 Å². The van der Waals surface area contributed by atoms with Crippen LogP contribution in [0.15, 0.2) is 67.9 Å². The number of phenols is 1. The Kier molecular flexibility index (Phi) is 8.61. The predicted molar refractivity (Wildman–Crippen MR) is 199 cm³/mol. The van der Waals surface area contributed by atoms with Crippen LogP contribution in [-0.4, -0.2) is 57.6 Å². The summed E-state index contributed by atoms with van der Waals surface area (Å²) in [6.07, 6.45) is 12.8. The molecule has 5 atom stereocenters. The van der Waals surface area contributed by atoms with Crippen LogP contribution in [0.2, 0.25) is 0 Å². The summed E-state index contributed by atoms with van der Waals surface area (Å²) >= 11 is 0. The number of ether oxygens (including phenoxy) is 3. The van der Waals surface area contributed by atoms with E-state index in [0.29, 0.717) is 54.5 Å². The molecule has 6 aliphatic rings. The molecule has 1 saturated carbocycles.